The number of hydrogen-bond donors (Lipinski definition) is 2. The number of rotatable bonds is 5. The van der Waals surface area contributed by atoms with Crippen LogP contribution in [0.3, 0.4) is 0 Å². The molecule has 2 aromatic carbocycles. The van der Waals surface area contributed by atoms with E-state index < -0.39 is 5.91 Å². The van der Waals surface area contributed by atoms with Crippen molar-refractivity contribution in [2.24, 2.45) is 0 Å². The van der Waals surface area contributed by atoms with Gasteiger partial charge in [0.1, 0.15) is 12.4 Å². The zero-order valence-corrected chi connectivity index (χ0v) is 16.7. The lowest BCUT2D eigenvalue weighted by Gasteiger charge is -2.13. The predicted molar refractivity (Wildman–Crippen MR) is 111 cm³/mol. The van der Waals surface area contributed by atoms with Gasteiger partial charge in [-0.15, -0.1) is 0 Å². The molecule has 1 aliphatic rings. The average molecular weight is 425 g/mol. The maximum Gasteiger partial charge on any atom is 0.258 e. The van der Waals surface area contributed by atoms with E-state index in [0.29, 0.717) is 17.2 Å². The van der Waals surface area contributed by atoms with Crippen molar-refractivity contribution >= 4 is 52.1 Å². The van der Waals surface area contributed by atoms with E-state index in [1.165, 1.54) is 6.07 Å². The molecule has 0 aliphatic carbocycles. The molecule has 5 nitrogen and oxygen atoms in total. The quantitative estimate of drug-likeness (QED) is 0.682. The molecule has 1 atom stereocenters. The van der Waals surface area contributed by atoms with Gasteiger partial charge in [-0.2, -0.15) is 0 Å². The summed E-state index contributed by atoms with van der Waals surface area (Å²) in [5.74, 6) is 0.338. The molecule has 0 radical (unpaired) electrons. The highest BCUT2D eigenvalue weighted by atomic mass is 35.5. The van der Waals surface area contributed by atoms with Crippen molar-refractivity contribution in [2.75, 3.05) is 18.5 Å². The summed E-state index contributed by atoms with van der Waals surface area (Å²) in [4.78, 5) is 12.2. The van der Waals surface area contributed by atoms with E-state index >= 15 is 0 Å². The molecule has 0 saturated carbocycles. The Morgan fingerprint density at radius 3 is 2.67 bits per heavy atom. The fraction of sp³-hybridized carbons (Fsp3) is 0.263. The molecule has 2 N–H and O–H groups in total. The van der Waals surface area contributed by atoms with Gasteiger partial charge in [0.2, 0.25) is 0 Å². The number of ether oxygens (including phenoxy) is 2. The van der Waals surface area contributed by atoms with Crippen molar-refractivity contribution in [1.82, 2.24) is 5.32 Å². The van der Waals surface area contributed by atoms with Crippen LogP contribution >= 0.6 is 35.4 Å². The second kappa shape index (κ2) is 9.37. The van der Waals surface area contributed by atoms with E-state index in [2.05, 4.69) is 10.6 Å². The number of carbonyl (C=O) groups excluding carboxylic acids is 1. The van der Waals surface area contributed by atoms with Crippen molar-refractivity contribution in [3.8, 4) is 5.75 Å². The Balaban J connectivity index is 1.50. The van der Waals surface area contributed by atoms with Gasteiger partial charge in [-0.3, -0.25) is 10.1 Å². The maximum atomic E-state index is 12.2. The second-order valence-corrected chi connectivity index (χ2v) is 7.25. The van der Waals surface area contributed by atoms with Gasteiger partial charge < -0.3 is 14.8 Å². The van der Waals surface area contributed by atoms with Crippen LogP contribution in [0.25, 0.3) is 0 Å². The highest BCUT2D eigenvalue weighted by molar-refractivity contribution is 7.80. The summed E-state index contributed by atoms with van der Waals surface area (Å²) in [5, 5.41) is 6.42. The van der Waals surface area contributed by atoms with Crippen molar-refractivity contribution in [3.05, 3.63) is 58.1 Å². The molecule has 1 aliphatic heterocycles. The van der Waals surface area contributed by atoms with Crippen LogP contribution in [0.4, 0.5) is 5.69 Å². The zero-order chi connectivity index (χ0) is 19.2. The number of benzene rings is 2. The van der Waals surface area contributed by atoms with Gasteiger partial charge in [0.05, 0.1) is 16.7 Å². The third-order valence-electron chi connectivity index (χ3n) is 3.97. The number of thiocarbonyl (C=S) groups is 1. The maximum absolute atomic E-state index is 12.2. The minimum atomic E-state index is -0.411. The second-order valence-electron chi connectivity index (χ2n) is 6.00. The lowest BCUT2D eigenvalue weighted by atomic mass is 10.2. The summed E-state index contributed by atoms with van der Waals surface area (Å²) in [6, 6.07) is 11.9. The highest BCUT2D eigenvalue weighted by Crippen LogP contribution is 2.21. The van der Waals surface area contributed by atoms with Gasteiger partial charge in [0, 0.05) is 17.3 Å². The number of halogens is 2. The number of nitrogens with one attached hydrogen (secondary N) is 2. The Morgan fingerprint density at radius 2 is 2.00 bits per heavy atom. The molecule has 27 heavy (non-hydrogen) atoms. The SMILES string of the molecule is O=C(NC(=S)Nc1ccc(OCC2CCCO2)cc1)c1ccc(Cl)cc1Cl. The van der Waals surface area contributed by atoms with Crippen molar-refractivity contribution in [1.29, 1.82) is 0 Å². The number of anilines is 1. The Morgan fingerprint density at radius 1 is 1.22 bits per heavy atom. The number of carbonyl (C=O) groups is 1. The van der Waals surface area contributed by atoms with Crippen molar-refractivity contribution in [2.45, 2.75) is 18.9 Å². The largest absolute Gasteiger partial charge is 0.491 e. The standard InChI is InChI=1S/C19H18Cl2N2O3S/c20-12-3-8-16(17(21)10-12)18(24)23-19(27)22-13-4-6-14(7-5-13)26-11-15-2-1-9-25-15/h3-8,10,15H,1-2,9,11H2,(H2,22,23,24,27). The van der Waals surface area contributed by atoms with Gasteiger partial charge in [-0.05, 0) is 67.5 Å². The van der Waals surface area contributed by atoms with Crippen LogP contribution in [0.5, 0.6) is 5.75 Å². The van der Waals surface area contributed by atoms with Gasteiger partial charge >= 0.3 is 0 Å². The summed E-state index contributed by atoms with van der Waals surface area (Å²) >= 11 is 17.0. The molecule has 1 heterocycles. The summed E-state index contributed by atoms with van der Waals surface area (Å²) < 4.78 is 11.2. The predicted octanol–water partition coefficient (Wildman–Crippen LogP) is 4.68. The molecule has 1 saturated heterocycles. The topological polar surface area (TPSA) is 59.6 Å². The lowest BCUT2D eigenvalue weighted by molar-refractivity contribution is 0.0679. The van der Waals surface area contributed by atoms with E-state index in [-0.39, 0.29) is 16.2 Å². The first kappa shape index (κ1) is 19.9. The Hall–Kier alpha value is -1.86. The molecule has 1 unspecified atom stereocenters. The van der Waals surface area contributed by atoms with Gasteiger partial charge in [-0.25, -0.2) is 0 Å². The monoisotopic (exact) mass is 424 g/mol. The number of amides is 1. The Labute approximate surface area is 172 Å². The first-order chi connectivity index (χ1) is 13.0. The Kier molecular flexibility index (Phi) is 6.90. The van der Waals surface area contributed by atoms with Gasteiger partial charge in [0.25, 0.3) is 5.91 Å². The summed E-state index contributed by atoms with van der Waals surface area (Å²) in [7, 11) is 0. The lowest BCUT2D eigenvalue weighted by Crippen LogP contribution is -2.34. The van der Waals surface area contributed by atoms with E-state index in [1.54, 1.807) is 12.1 Å². The van der Waals surface area contributed by atoms with Crippen LogP contribution in [0.15, 0.2) is 42.5 Å². The van der Waals surface area contributed by atoms with Crippen LogP contribution in [0.2, 0.25) is 10.0 Å². The smallest absolute Gasteiger partial charge is 0.258 e. The van der Waals surface area contributed by atoms with Crippen LogP contribution in [-0.4, -0.2) is 30.3 Å². The van der Waals surface area contributed by atoms with E-state index in [1.807, 2.05) is 24.3 Å². The molecular weight excluding hydrogens is 407 g/mol. The minimum Gasteiger partial charge on any atom is -0.491 e. The Bertz CT molecular complexity index is 824. The molecule has 0 spiro atoms. The van der Waals surface area contributed by atoms with Crippen LogP contribution in [0, 0.1) is 0 Å². The van der Waals surface area contributed by atoms with Crippen molar-refractivity contribution < 1.29 is 14.3 Å². The van der Waals surface area contributed by atoms with E-state index in [0.717, 1.165) is 30.9 Å². The van der Waals surface area contributed by atoms with E-state index in [9.17, 15) is 4.79 Å². The third-order valence-corrected chi connectivity index (χ3v) is 4.73. The summed E-state index contributed by atoms with van der Waals surface area (Å²) in [6.07, 6.45) is 2.29. The first-order valence-corrected chi connectivity index (χ1v) is 9.59. The highest BCUT2D eigenvalue weighted by Gasteiger charge is 2.16. The molecule has 2 aromatic rings. The number of hydrogen-bond acceptors (Lipinski definition) is 4. The average Bonchev–Trinajstić information content (AvgIpc) is 3.14. The zero-order valence-electron chi connectivity index (χ0n) is 14.3. The molecule has 8 heteroatoms. The van der Waals surface area contributed by atoms with Crippen LogP contribution in [-0.2, 0) is 4.74 Å². The fourth-order valence-corrected chi connectivity index (χ4v) is 3.31. The van der Waals surface area contributed by atoms with Crippen molar-refractivity contribution in [3.63, 3.8) is 0 Å². The van der Waals surface area contributed by atoms with Crippen LogP contribution < -0.4 is 15.4 Å². The normalized spacial score (nSPS) is 16.0. The third kappa shape index (κ3) is 5.81. The van der Waals surface area contributed by atoms with Gasteiger partial charge in [-0.1, -0.05) is 23.2 Å². The summed E-state index contributed by atoms with van der Waals surface area (Å²) in [5.41, 5.74) is 1.02. The molecule has 0 aromatic heterocycles. The molecular formula is C19H18Cl2N2O3S. The molecule has 1 fully saturated rings. The molecule has 3 rings (SSSR count). The first-order valence-electron chi connectivity index (χ1n) is 8.43. The minimum absolute atomic E-state index is 0.166. The van der Waals surface area contributed by atoms with Crippen LogP contribution in [0.1, 0.15) is 23.2 Å². The molecule has 142 valence electrons. The summed E-state index contributed by atoms with van der Waals surface area (Å²) in [6.45, 7) is 1.35. The fourth-order valence-electron chi connectivity index (χ4n) is 2.61. The molecule has 0 bridgehead atoms. The van der Waals surface area contributed by atoms with Gasteiger partial charge in [0.15, 0.2) is 5.11 Å². The van der Waals surface area contributed by atoms with E-state index in [4.69, 9.17) is 44.9 Å². The molecule has 1 amide bonds.